The number of aromatic nitrogens is 2. The number of likely N-dealkylation sites (tertiary alicyclic amines) is 1. The summed E-state index contributed by atoms with van der Waals surface area (Å²) in [5.41, 5.74) is 2.22. The SMILES string of the molecule is CCNC(=NCc1cccc(-n2cccn2)c1)NCC1CCCN(C)C1c1cccs1.I. The topological polar surface area (TPSA) is 57.5 Å². The summed E-state index contributed by atoms with van der Waals surface area (Å²) in [7, 11) is 2.25. The molecular formula is C24H33IN6S. The normalized spacial score (nSPS) is 19.4. The lowest BCUT2D eigenvalue weighted by atomic mass is 9.88. The van der Waals surface area contributed by atoms with Gasteiger partial charge >= 0.3 is 0 Å². The third kappa shape index (κ3) is 6.32. The Kier molecular flexibility index (Phi) is 9.55. The average molecular weight is 565 g/mol. The second-order valence-corrected chi connectivity index (χ2v) is 9.02. The van der Waals surface area contributed by atoms with E-state index in [1.165, 1.54) is 29.8 Å². The van der Waals surface area contributed by atoms with Gasteiger partial charge in [0, 0.05) is 36.4 Å². The minimum absolute atomic E-state index is 0. The molecule has 2 aromatic heterocycles. The number of halogens is 1. The van der Waals surface area contributed by atoms with Gasteiger partial charge in [0.15, 0.2) is 5.96 Å². The zero-order valence-corrected chi connectivity index (χ0v) is 21.9. The zero-order valence-electron chi connectivity index (χ0n) is 18.8. The second-order valence-electron chi connectivity index (χ2n) is 8.04. The van der Waals surface area contributed by atoms with E-state index in [4.69, 9.17) is 4.99 Å². The van der Waals surface area contributed by atoms with Crippen LogP contribution in [0.25, 0.3) is 5.69 Å². The van der Waals surface area contributed by atoms with Gasteiger partial charge in [0.1, 0.15) is 0 Å². The molecule has 6 nitrogen and oxygen atoms in total. The predicted molar refractivity (Wildman–Crippen MR) is 144 cm³/mol. The summed E-state index contributed by atoms with van der Waals surface area (Å²) in [6.07, 6.45) is 6.24. The van der Waals surface area contributed by atoms with Gasteiger partial charge in [-0.3, -0.25) is 4.90 Å². The highest BCUT2D eigenvalue weighted by Crippen LogP contribution is 2.36. The van der Waals surface area contributed by atoms with Crippen LogP contribution in [0, 0.1) is 5.92 Å². The number of rotatable bonds is 7. The van der Waals surface area contributed by atoms with E-state index in [9.17, 15) is 0 Å². The number of guanidine groups is 1. The van der Waals surface area contributed by atoms with Gasteiger partial charge in [-0.25, -0.2) is 9.67 Å². The lowest BCUT2D eigenvalue weighted by molar-refractivity contribution is 0.125. The summed E-state index contributed by atoms with van der Waals surface area (Å²) in [5.74, 6) is 1.45. The van der Waals surface area contributed by atoms with Crippen molar-refractivity contribution in [3.05, 3.63) is 70.7 Å². The first-order valence-electron chi connectivity index (χ1n) is 11.1. The van der Waals surface area contributed by atoms with E-state index in [2.05, 4.69) is 76.4 Å². The van der Waals surface area contributed by atoms with Crippen LogP contribution in [-0.2, 0) is 6.54 Å². The minimum Gasteiger partial charge on any atom is -0.357 e. The lowest BCUT2D eigenvalue weighted by Gasteiger charge is -2.39. The molecule has 4 rings (SSSR count). The van der Waals surface area contributed by atoms with Crippen molar-refractivity contribution in [1.82, 2.24) is 25.3 Å². The minimum atomic E-state index is 0. The smallest absolute Gasteiger partial charge is 0.191 e. The van der Waals surface area contributed by atoms with Crippen LogP contribution in [0.15, 0.2) is 65.2 Å². The monoisotopic (exact) mass is 564 g/mol. The fourth-order valence-corrected chi connectivity index (χ4v) is 5.32. The fraction of sp³-hybridized carbons (Fsp3) is 0.417. The Morgan fingerprint density at radius 3 is 2.88 bits per heavy atom. The Morgan fingerprint density at radius 1 is 1.22 bits per heavy atom. The number of hydrogen-bond acceptors (Lipinski definition) is 4. The van der Waals surface area contributed by atoms with Crippen LogP contribution >= 0.6 is 35.3 Å². The zero-order chi connectivity index (χ0) is 21.5. The van der Waals surface area contributed by atoms with Gasteiger partial charge in [0.2, 0.25) is 0 Å². The molecule has 0 radical (unpaired) electrons. The van der Waals surface area contributed by atoms with Crippen molar-refractivity contribution in [2.24, 2.45) is 10.9 Å². The van der Waals surface area contributed by atoms with E-state index in [1.807, 2.05) is 28.3 Å². The van der Waals surface area contributed by atoms with Gasteiger partial charge < -0.3 is 10.6 Å². The lowest BCUT2D eigenvalue weighted by Crippen LogP contribution is -2.44. The molecule has 2 unspecified atom stereocenters. The standard InChI is InChI=1S/C24H32N6S.HI/c1-3-25-24(26-17-19-8-4-10-21(16-19)30-14-7-12-28-30)27-18-20-9-5-13-29(2)23(20)22-11-6-15-31-22;/h4,6-8,10-12,14-16,20,23H,3,5,9,13,17-18H2,1-2H3,(H2,25,26,27);1H. The molecule has 172 valence electrons. The predicted octanol–water partition coefficient (Wildman–Crippen LogP) is 4.69. The van der Waals surface area contributed by atoms with E-state index in [-0.39, 0.29) is 24.0 Å². The number of aliphatic imine (C=N–C) groups is 1. The molecule has 3 heterocycles. The number of nitrogens with one attached hydrogen (secondary N) is 2. The highest BCUT2D eigenvalue weighted by Gasteiger charge is 2.31. The molecule has 32 heavy (non-hydrogen) atoms. The van der Waals surface area contributed by atoms with E-state index in [1.54, 1.807) is 6.20 Å². The molecule has 1 saturated heterocycles. The highest BCUT2D eigenvalue weighted by atomic mass is 127. The van der Waals surface area contributed by atoms with E-state index < -0.39 is 0 Å². The molecule has 1 aliphatic heterocycles. The Labute approximate surface area is 212 Å². The molecule has 0 bridgehead atoms. The van der Waals surface area contributed by atoms with E-state index in [0.29, 0.717) is 18.5 Å². The van der Waals surface area contributed by atoms with Crippen molar-refractivity contribution < 1.29 is 0 Å². The quantitative estimate of drug-likeness (QED) is 0.249. The van der Waals surface area contributed by atoms with Gasteiger partial charge in [-0.05, 0) is 74.5 Å². The highest BCUT2D eigenvalue weighted by molar-refractivity contribution is 14.0. The summed E-state index contributed by atoms with van der Waals surface area (Å²) in [5, 5.41) is 13.5. The van der Waals surface area contributed by atoms with Gasteiger partial charge in [0.25, 0.3) is 0 Å². The first-order valence-corrected chi connectivity index (χ1v) is 12.0. The Balaban J connectivity index is 0.00000289. The third-order valence-electron chi connectivity index (χ3n) is 5.82. The molecule has 0 amide bonds. The van der Waals surface area contributed by atoms with Crippen molar-refractivity contribution in [3.63, 3.8) is 0 Å². The van der Waals surface area contributed by atoms with Gasteiger partial charge in [-0.2, -0.15) is 5.10 Å². The maximum atomic E-state index is 4.85. The molecule has 0 saturated carbocycles. The van der Waals surface area contributed by atoms with Gasteiger partial charge in [0.05, 0.1) is 12.2 Å². The number of hydrogen-bond donors (Lipinski definition) is 2. The molecule has 1 aromatic carbocycles. The Morgan fingerprint density at radius 2 is 2.12 bits per heavy atom. The molecule has 8 heteroatoms. The number of benzene rings is 1. The van der Waals surface area contributed by atoms with Crippen molar-refractivity contribution in [2.45, 2.75) is 32.4 Å². The van der Waals surface area contributed by atoms with Crippen LogP contribution in [0.5, 0.6) is 0 Å². The van der Waals surface area contributed by atoms with Crippen LogP contribution in [0.2, 0.25) is 0 Å². The van der Waals surface area contributed by atoms with E-state index in [0.717, 1.165) is 24.7 Å². The van der Waals surface area contributed by atoms with Crippen LogP contribution in [0.3, 0.4) is 0 Å². The Hall–Kier alpha value is -1.91. The van der Waals surface area contributed by atoms with Crippen LogP contribution in [0.1, 0.15) is 36.2 Å². The molecule has 1 fully saturated rings. The maximum Gasteiger partial charge on any atom is 0.191 e. The van der Waals surface area contributed by atoms with Gasteiger partial charge in [-0.15, -0.1) is 35.3 Å². The molecule has 2 N–H and O–H groups in total. The molecule has 3 aromatic rings. The third-order valence-corrected chi connectivity index (χ3v) is 6.76. The molecule has 0 spiro atoms. The number of piperidine rings is 1. The second kappa shape index (κ2) is 12.4. The first kappa shape index (κ1) is 24.7. The van der Waals surface area contributed by atoms with E-state index >= 15 is 0 Å². The average Bonchev–Trinajstić information content (AvgIpc) is 3.50. The summed E-state index contributed by atoms with van der Waals surface area (Å²) in [4.78, 5) is 8.82. The van der Waals surface area contributed by atoms with Crippen molar-refractivity contribution >= 4 is 41.3 Å². The summed E-state index contributed by atoms with van der Waals surface area (Å²) >= 11 is 1.87. The van der Waals surface area contributed by atoms with Crippen molar-refractivity contribution in [2.75, 3.05) is 26.7 Å². The van der Waals surface area contributed by atoms with Crippen LogP contribution in [-0.4, -0.2) is 47.3 Å². The Bertz CT molecular complexity index is 957. The molecule has 2 atom stereocenters. The molecule has 1 aliphatic rings. The summed E-state index contributed by atoms with van der Waals surface area (Å²) in [6.45, 7) is 5.67. The summed E-state index contributed by atoms with van der Waals surface area (Å²) < 4.78 is 1.88. The van der Waals surface area contributed by atoms with Crippen LogP contribution in [0.4, 0.5) is 0 Å². The fourth-order valence-electron chi connectivity index (χ4n) is 4.34. The van der Waals surface area contributed by atoms with Crippen molar-refractivity contribution in [1.29, 1.82) is 0 Å². The van der Waals surface area contributed by atoms with Gasteiger partial charge in [-0.1, -0.05) is 18.2 Å². The number of thiophene rings is 1. The maximum absolute atomic E-state index is 4.85. The van der Waals surface area contributed by atoms with Crippen LogP contribution < -0.4 is 10.6 Å². The number of nitrogens with zero attached hydrogens (tertiary/aromatic N) is 4. The van der Waals surface area contributed by atoms with Crippen molar-refractivity contribution in [3.8, 4) is 5.69 Å². The summed E-state index contributed by atoms with van der Waals surface area (Å²) in [6, 6.07) is 15.2. The molecular weight excluding hydrogens is 531 g/mol. The largest absolute Gasteiger partial charge is 0.357 e. The first-order chi connectivity index (χ1) is 15.2. The molecule has 0 aliphatic carbocycles.